The highest BCUT2D eigenvalue weighted by Gasteiger charge is 2.30. The molecule has 1 aromatic rings. The minimum atomic E-state index is -3.40. The molecule has 1 aromatic carbocycles. The Morgan fingerprint density at radius 1 is 1.21 bits per heavy atom. The number of aliphatic imine (C=N–C) groups is 1. The first-order chi connectivity index (χ1) is 13.0. The third kappa shape index (κ3) is 5.78. The standard InChI is InChI=1S/C18H29N5O3S.HI/c1-19-18(23-8-7-16(14-23)22-9-11-26-12-10-22)21-13-15-3-5-17(6-4-15)27(24,25)20-2;/h3-6,16,20H,7-14H2,1-2H3,(H,19,21);1H. The Morgan fingerprint density at radius 2 is 1.89 bits per heavy atom. The lowest BCUT2D eigenvalue weighted by Gasteiger charge is -2.32. The van der Waals surface area contributed by atoms with Crippen LogP contribution in [-0.2, 0) is 21.3 Å². The molecule has 28 heavy (non-hydrogen) atoms. The van der Waals surface area contributed by atoms with Crippen LogP contribution in [0.15, 0.2) is 34.2 Å². The van der Waals surface area contributed by atoms with Crippen LogP contribution in [0.3, 0.4) is 0 Å². The molecule has 0 aromatic heterocycles. The summed E-state index contributed by atoms with van der Waals surface area (Å²) in [7, 11) is -0.186. The minimum absolute atomic E-state index is 0. The first-order valence-electron chi connectivity index (χ1n) is 9.33. The van der Waals surface area contributed by atoms with Gasteiger partial charge in [-0.15, -0.1) is 24.0 Å². The van der Waals surface area contributed by atoms with Crippen LogP contribution in [-0.4, -0.2) is 83.7 Å². The molecule has 1 atom stereocenters. The molecule has 0 saturated carbocycles. The molecule has 0 amide bonds. The number of sulfonamides is 1. The van der Waals surface area contributed by atoms with Crippen LogP contribution in [0.25, 0.3) is 0 Å². The third-order valence-electron chi connectivity index (χ3n) is 5.19. The molecule has 3 rings (SSSR count). The average Bonchev–Trinajstić information content (AvgIpc) is 3.19. The van der Waals surface area contributed by atoms with Crippen molar-refractivity contribution in [2.24, 2.45) is 4.99 Å². The predicted octanol–water partition coefficient (Wildman–Crippen LogP) is 0.695. The van der Waals surface area contributed by atoms with Crippen molar-refractivity contribution in [1.82, 2.24) is 19.8 Å². The van der Waals surface area contributed by atoms with Crippen molar-refractivity contribution in [2.45, 2.75) is 23.9 Å². The molecule has 8 nitrogen and oxygen atoms in total. The van der Waals surface area contributed by atoms with Gasteiger partial charge in [-0.3, -0.25) is 9.89 Å². The topological polar surface area (TPSA) is 86.3 Å². The van der Waals surface area contributed by atoms with Crippen molar-refractivity contribution in [3.63, 3.8) is 0 Å². The predicted molar refractivity (Wildman–Crippen MR) is 121 cm³/mol. The maximum atomic E-state index is 11.8. The Hall–Kier alpha value is -0.950. The molecule has 2 heterocycles. The highest BCUT2D eigenvalue weighted by molar-refractivity contribution is 14.0. The number of hydrogen-bond acceptors (Lipinski definition) is 5. The number of likely N-dealkylation sites (tertiary alicyclic amines) is 1. The van der Waals surface area contributed by atoms with Crippen LogP contribution in [0.5, 0.6) is 0 Å². The van der Waals surface area contributed by atoms with E-state index in [4.69, 9.17) is 4.74 Å². The van der Waals surface area contributed by atoms with Crippen LogP contribution in [0, 0.1) is 0 Å². The molecule has 2 aliphatic heterocycles. The Balaban J connectivity index is 0.00000280. The van der Waals surface area contributed by atoms with Crippen molar-refractivity contribution < 1.29 is 13.2 Å². The molecule has 2 aliphatic rings. The van der Waals surface area contributed by atoms with Gasteiger partial charge in [-0.05, 0) is 31.2 Å². The van der Waals surface area contributed by atoms with E-state index in [2.05, 4.69) is 24.8 Å². The fourth-order valence-electron chi connectivity index (χ4n) is 3.59. The molecular weight excluding hydrogens is 493 g/mol. The Bertz CT molecular complexity index is 751. The summed E-state index contributed by atoms with van der Waals surface area (Å²) in [5, 5.41) is 3.39. The number of hydrogen-bond donors (Lipinski definition) is 2. The van der Waals surface area contributed by atoms with E-state index in [1.54, 1.807) is 19.2 Å². The zero-order valence-electron chi connectivity index (χ0n) is 16.4. The summed E-state index contributed by atoms with van der Waals surface area (Å²) in [4.78, 5) is 9.49. The van der Waals surface area contributed by atoms with Crippen LogP contribution in [0.1, 0.15) is 12.0 Å². The van der Waals surface area contributed by atoms with Crippen molar-refractivity contribution in [3.8, 4) is 0 Å². The van der Waals surface area contributed by atoms with Gasteiger partial charge in [-0.2, -0.15) is 0 Å². The van der Waals surface area contributed by atoms with Crippen LogP contribution < -0.4 is 10.0 Å². The summed E-state index contributed by atoms with van der Waals surface area (Å²) in [6.45, 7) is 6.22. The van der Waals surface area contributed by atoms with Gasteiger partial charge in [0.2, 0.25) is 10.0 Å². The van der Waals surface area contributed by atoms with Gasteiger partial charge in [-0.25, -0.2) is 13.1 Å². The van der Waals surface area contributed by atoms with Crippen LogP contribution >= 0.6 is 24.0 Å². The van der Waals surface area contributed by atoms with Crippen molar-refractivity contribution >= 4 is 40.0 Å². The van der Waals surface area contributed by atoms with Gasteiger partial charge in [0.05, 0.1) is 18.1 Å². The van der Waals surface area contributed by atoms with E-state index < -0.39 is 10.0 Å². The highest BCUT2D eigenvalue weighted by atomic mass is 127. The zero-order chi connectivity index (χ0) is 19.3. The van der Waals surface area contributed by atoms with E-state index in [1.807, 2.05) is 12.1 Å². The molecule has 0 radical (unpaired) electrons. The summed E-state index contributed by atoms with van der Waals surface area (Å²) in [5.74, 6) is 0.887. The van der Waals surface area contributed by atoms with Crippen molar-refractivity contribution in [2.75, 3.05) is 53.5 Å². The monoisotopic (exact) mass is 523 g/mol. The molecule has 2 saturated heterocycles. The SMILES string of the molecule is CN=C(NCc1ccc(S(=O)(=O)NC)cc1)N1CCC(N2CCOCC2)C1.I. The minimum Gasteiger partial charge on any atom is -0.379 e. The van der Waals surface area contributed by atoms with Gasteiger partial charge in [0.25, 0.3) is 0 Å². The zero-order valence-corrected chi connectivity index (χ0v) is 19.6. The van der Waals surface area contributed by atoms with E-state index in [9.17, 15) is 8.42 Å². The molecular formula is C18H30IN5O3S. The second-order valence-electron chi connectivity index (χ2n) is 6.79. The van der Waals surface area contributed by atoms with E-state index in [0.29, 0.717) is 12.6 Å². The van der Waals surface area contributed by atoms with Crippen LogP contribution in [0.4, 0.5) is 0 Å². The maximum Gasteiger partial charge on any atom is 0.240 e. The second-order valence-corrected chi connectivity index (χ2v) is 8.68. The number of nitrogens with one attached hydrogen (secondary N) is 2. The molecule has 10 heteroatoms. The lowest BCUT2D eigenvalue weighted by atomic mass is 10.2. The second kappa shape index (κ2) is 10.7. The van der Waals surface area contributed by atoms with E-state index >= 15 is 0 Å². The Labute approximate surface area is 184 Å². The van der Waals surface area contributed by atoms with Gasteiger partial charge in [0.1, 0.15) is 0 Å². The number of rotatable bonds is 5. The summed E-state index contributed by atoms with van der Waals surface area (Å²) in [6, 6.07) is 7.44. The highest BCUT2D eigenvalue weighted by Crippen LogP contribution is 2.17. The smallest absolute Gasteiger partial charge is 0.240 e. The van der Waals surface area contributed by atoms with Crippen molar-refractivity contribution in [1.29, 1.82) is 0 Å². The summed E-state index contributed by atoms with van der Waals surface area (Å²) in [5.41, 5.74) is 1.01. The summed E-state index contributed by atoms with van der Waals surface area (Å²) >= 11 is 0. The summed E-state index contributed by atoms with van der Waals surface area (Å²) < 4.78 is 31.4. The summed E-state index contributed by atoms with van der Waals surface area (Å²) in [6.07, 6.45) is 1.14. The van der Waals surface area contributed by atoms with Gasteiger partial charge in [0, 0.05) is 45.8 Å². The number of nitrogens with zero attached hydrogens (tertiary/aromatic N) is 3. The molecule has 0 bridgehead atoms. The molecule has 1 unspecified atom stereocenters. The van der Waals surface area contributed by atoms with Crippen molar-refractivity contribution in [3.05, 3.63) is 29.8 Å². The molecule has 0 spiro atoms. The Morgan fingerprint density at radius 3 is 2.50 bits per heavy atom. The van der Waals surface area contributed by atoms with Crippen LogP contribution in [0.2, 0.25) is 0 Å². The first kappa shape index (κ1) is 23.3. The van der Waals surface area contributed by atoms with Gasteiger partial charge >= 0.3 is 0 Å². The Kier molecular flexibility index (Phi) is 8.93. The lowest BCUT2D eigenvalue weighted by Crippen LogP contribution is -2.46. The fourth-order valence-corrected chi connectivity index (χ4v) is 4.32. The van der Waals surface area contributed by atoms with E-state index in [-0.39, 0.29) is 28.9 Å². The number of halogens is 1. The average molecular weight is 523 g/mol. The van der Waals surface area contributed by atoms with E-state index in [0.717, 1.165) is 57.3 Å². The lowest BCUT2D eigenvalue weighted by molar-refractivity contribution is 0.0195. The molecule has 0 aliphatic carbocycles. The number of guanidine groups is 1. The molecule has 158 valence electrons. The van der Waals surface area contributed by atoms with Gasteiger partial charge < -0.3 is 15.0 Å². The number of ether oxygens (including phenoxy) is 1. The number of morpholine rings is 1. The van der Waals surface area contributed by atoms with E-state index in [1.165, 1.54) is 7.05 Å². The third-order valence-corrected chi connectivity index (χ3v) is 6.62. The molecule has 2 N–H and O–H groups in total. The quantitative estimate of drug-likeness (QED) is 0.336. The van der Waals surface area contributed by atoms with Gasteiger partial charge in [0.15, 0.2) is 5.96 Å². The normalized spacial score (nSPS) is 21.4. The number of benzene rings is 1. The maximum absolute atomic E-state index is 11.8. The largest absolute Gasteiger partial charge is 0.379 e. The molecule has 2 fully saturated rings. The fraction of sp³-hybridized carbons (Fsp3) is 0.611. The van der Waals surface area contributed by atoms with Gasteiger partial charge in [-0.1, -0.05) is 12.1 Å². The first-order valence-corrected chi connectivity index (χ1v) is 10.8.